The summed E-state index contributed by atoms with van der Waals surface area (Å²) in [6.45, 7) is 25.7. The molecule has 0 saturated heterocycles. The maximum absolute atomic E-state index is 6.59. The van der Waals surface area contributed by atoms with Gasteiger partial charge >= 0.3 is 8.60 Å². The highest BCUT2D eigenvalue weighted by atomic mass is 31.2. The van der Waals surface area contributed by atoms with Crippen molar-refractivity contribution in [3.63, 3.8) is 0 Å². The lowest BCUT2D eigenvalue weighted by atomic mass is 9.80. The molecule has 0 aliphatic heterocycles. The van der Waals surface area contributed by atoms with Crippen molar-refractivity contribution < 1.29 is 13.6 Å². The van der Waals surface area contributed by atoms with Gasteiger partial charge in [0, 0.05) is 5.75 Å². The van der Waals surface area contributed by atoms with Crippen LogP contribution >= 0.6 is 8.60 Å². The van der Waals surface area contributed by atoms with E-state index in [1.807, 2.05) is 6.07 Å². The Hall–Kier alpha value is -2.51. The zero-order valence-corrected chi connectivity index (χ0v) is 25.0. The fraction of sp³-hybridized carbons (Fsp3) is 0.438. The second-order valence-corrected chi connectivity index (χ2v) is 13.1. The molecule has 4 heteroatoms. The first-order chi connectivity index (χ1) is 16.6. The van der Waals surface area contributed by atoms with Gasteiger partial charge in [0.2, 0.25) is 0 Å². The SMILES string of the molecule is Cc1cc(C)c(OP(Oc2[c-]cc(C(C)(C)C)cc2C(C)(C)C)Oc2c(C)cc(C)cc2C)c(C)c1. The van der Waals surface area contributed by atoms with Gasteiger partial charge in [0.15, 0.2) is 0 Å². The minimum atomic E-state index is -1.81. The van der Waals surface area contributed by atoms with Crippen molar-refractivity contribution in [3.8, 4) is 17.2 Å². The summed E-state index contributed by atoms with van der Waals surface area (Å²) in [7, 11) is -1.81. The molecule has 3 aromatic carbocycles. The van der Waals surface area contributed by atoms with Crippen molar-refractivity contribution in [1.82, 2.24) is 0 Å². The van der Waals surface area contributed by atoms with E-state index >= 15 is 0 Å². The molecule has 0 atom stereocenters. The molecule has 3 nitrogen and oxygen atoms in total. The standard InChI is InChI=1S/C32H42O3P/c1-20-15-22(3)29(23(4)16-20)34-36(35-30-24(5)17-21(2)18-25(30)6)33-28-14-13-26(31(7,8)9)19-27(28)32(10,11)12/h13,15-19H,1-12H3/q-1. The lowest BCUT2D eigenvalue weighted by Crippen LogP contribution is -2.18. The Morgan fingerprint density at radius 3 is 1.36 bits per heavy atom. The zero-order valence-electron chi connectivity index (χ0n) is 24.1. The average molecular weight is 506 g/mol. The summed E-state index contributed by atoms with van der Waals surface area (Å²) in [5.74, 6) is 2.28. The van der Waals surface area contributed by atoms with Crippen molar-refractivity contribution in [2.75, 3.05) is 0 Å². The second-order valence-electron chi connectivity index (χ2n) is 12.1. The summed E-state index contributed by atoms with van der Waals surface area (Å²) in [6.07, 6.45) is 0. The fourth-order valence-corrected chi connectivity index (χ4v) is 5.74. The van der Waals surface area contributed by atoms with E-state index in [9.17, 15) is 0 Å². The summed E-state index contributed by atoms with van der Waals surface area (Å²) in [4.78, 5) is 0. The van der Waals surface area contributed by atoms with Gasteiger partial charge < -0.3 is 13.6 Å². The minimum Gasteiger partial charge on any atom is -0.435 e. The van der Waals surface area contributed by atoms with Gasteiger partial charge in [-0.15, -0.1) is 11.6 Å². The summed E-state index contributed by atoms with van der Waals surface area (Å²) in [5.41, 5.74) is 8.84. The largest absolute Gasteiger partial charge is 0.528 e. The third-order valence-electron chi connectivity index (χ3n) is 6.28. The first-order valence-corrected chi connectivity index (χ1v) is 13.7. The lowest BCUT2D eigenvalue weighted by molar-refractivity contribution is 0.377. The van der Waals surface area contributed by atoms with Crippen molar-refractivity contribution in [2.45, 2.75) is 93.9 Å². The van der Waals surface area contributed by atoms with Crippen LogP contribution in [0.5, 0.6) is 17.2 Å². The number of hydrogen-bond acceptors (Lipinski definition) is 3. The molecule has 0 fully saturated rings. The smallest absolute Gasteiger partial charge is 0.435 e. The van der Waals surface area contributed by atoms with Crippen LogP contribution < -0.4 is 13.6 Å². The molecule has 194 valence electrons. The molecule has 36 heavy (non-hydrogen) atoms. The summed E-state index contributed by atoms with van der Waals surface area (Å²) < 4.78 is 19.7. The first kappa shape index (κ1) is 28.1. The predicted octanol–water partition coefficient (Wildman–Crippen LogP) is 9.70. The molecule has 0 amide bonds. The summed E-state index contributed by atoms with van der Waals surface area (Å²) in [5, 5.41) is 0. The van der Waals surface area contributed by atoms with Gasteiger partial charge in [-0.3, -0.25) is 0 Å². The van der Waals surface area contributed by atoms with Crippen LogP contribution in [0.1, 0.15) is 86.1 Å². The van der Waals surface area contributed by atoms with E-state index in [0.717, 1.165) is 39.3 Å². The van der Waals surface area contributed by atoms with Gasteiger partial charge in [0.05, 0.1) is 0 Å². The van der Waals surface area contributed by atoms with Crippen LogP contribution in [0.4, 0.5) is 0 Å². The highest BCUT2D eigenvalue weighted by molar-refractivity contribution is 7.43. The Balaban J connectivity index is 2.09. The predicted molar refractivity (Wildman–Crippen MR) is 153 cm³/mol. The molecule has 0 radical (unpaired) electrons. The van der Waals surface area contributed by atoms with Crippen LogP contribution in [0.2, 0.25) is 0 Å². The maximum atomic E-state index is 6.59. The summed E-state index contributed by atoms with van der Waals surface area (Å²) >= 11 is 0. The minimum absolute atomic E-state index is 0.0129. The summed E-state index contributed by atoms with van der Waals surface area (Å²) in [6, 6.07) is 16.2. The van der Waals surface area contributed by atoms with E-state index in [1.165, 1.54) is 16.7 Å². The molecular weight excluding hydrogens is 463 g/mol. The molecule has 0 aliphatic carbocycles. The van der Waals surface area contributed by atoms with Crippen LogP contribution in [0.15, 0.2) is 36.4 Å². The molecule has 0 saturated carbocycles. The van der Waals surface area contributed by atoms with Gasteiger partial charge in [-0.1, -0.05) is 87.8 Å². The van der Waals surface area contributed by atoms with Crippen molar-refractivity contribution in [2.24, 2.45) is 0 Å². The molecule has 3 aromatic rings. The number of hydrogen-bond donors (Lipinski definition) is 0. The second kappa shape index (κ2) is 10.5. The van der Waals surface area contributed by atoms with Gasteiger partial charge in [-0.25, -0.2) is 0 Å². The van der Waals surface area contributed by atoms with Gasteiger partial charge in [0.25, 0.3) is 0 Å². The first-order valence-electron chi connectivity index (χ1n) is 12.6. The zero-order chi connectivity index (χ0) is 27.0. The normalized spacial score (nSPS) is 12.1. The number of rotatable bonds is 6. The average Bonchev–Trinajstić information content (AvgIpc) is 2.71. The van der Waals surface area contributed by atoms with Crippen LogP contribution in [0, 0.1) is 47.6 Å². The highest BCUT2D eigenvalue weighted by Gasteiger charge is 2.25. The number of benzene rings is 3. The molecule has 0 unspecified atom stereocenters. The molecule has 3 rings (SSSR count). The van der Waals surface area contributed by atoms with Crippen LogP contribution in [-0.2, 0) is 10.8 Å². The van der Waals surface area contributed by atoms with Crippen LogP contribution in [0.3, 0.4) is 0 Å². The third kappa shape index (κ3) is 6.62. The van der Waals surface area contributed by atoms with Crippen molar-refractivity contribution in [3.05, 3.63) is 87.0 Å². The van der Waals surface area contributed by atoms with E-state index in [0.29, 0.717) is 5.75 Å². The van der Waals surface area contributed by atoms with E-state index in [1.54, 1.807) is 0 Å². The van der Waals surface area contributed by atoms with Crippen molar-refractivity contribution >= 4 is 8.60 Å². The molecular formula is C32H42O3P-. The van der Waals surface area contributed by atoms with E-state index in [4.69, 9.17) is 13.6 Å². The topological polar surface area (TPSA) is 27.7 Å². The van der Waals surface area contributed by atoms with E-state index < -0.39 is 8.60 Å². The Morgan fingerprint density at radius 1 is 0.583 bits per heavy atom. The fourth-order valence-electron chi connectivity index (χ4n) is 4.45. The van der Waals surface area contributed by atoms with Crippen LogP contribution in [-0.4, -0.2) is 0 Å². The Kier molecular flexibility index (Phi) is 8.16. The number of aryl methyl sites for hydroxylation is 6. The Labute approximate surface area is 220 Å². The molecule has 0 N–H and O–H groups in total. The molecule has 0 spiro atoms. The van der Waals surface area contributed by atoms with Gasteiger partial charge in [-0.2, -0.15) is 17.7 Å². The molecule has 0 bridgehead atoms. The van der Waals surface area contributed by atoms with E-state index in [2.05, 4.69) is 119 Å². The van der Waals surface area contributed by atoms with Gasteiger partial charge in [0.1, 0.15) is 11.5 Å². The van der Waals surface area contributed by atoms with Crippen LogP contribution in [0.25, 0.3) is 0 Å². The maximum Gasteiger partial charge on any atom is 0.528 e. The van der Waals surface area contributed by atoms with Crippen molar-refractivity contribution in [1.29, 1.82) is 0 Å². The van der Waals surface area contributed by atoms with E-state index in [-0.39, 0.29) is 10.8 Å². The molecule has 0 aliphatic rings. The monoisotopic (exact) mass is 505 g/mol. The molecule has 0 aromatic heterocycles. The lowest BCUT2D eigenvalue weighted by Gasteiger charge is -2.34. The molecule has 0 heterocycles. The Bertz CT molecular complexity index is 1140. The third-order valence-corrected chi connectivity index (χ3v) is 7.28. The highest BCUT2D eigenvalue weighted by Crippen LogP contribution is 2.48. The quantitative estimate of drug-likeness (QED) is 0.246. The van der Waals surface area contributed by atoms with Gasteiger partial charge in [-0.05, 0) is 63.8 Å². The Morgan fingerprint density at radius 2 is 1.00 bits per heavy atom.